The van der Waals surface area contributed by atoms with E-state index in [1.165, 1.54) is 18.5 Å². The number of pyridine rings is 1. The Morgan fingerprint density at radius 1 is 1.00 bits per heavy atom. The van der Waals surface area contributed by atoms with Gasteiger partial charge in [-0.1, -0.05) is 18.2 Å². The van der Waals surface area contributed by atoms with Crippen LogP contribution in [0.1, 0.15) is 12.8 Å². The van der Waals surface area contributed by atoms with Gasteiger partial charge in [0.2, 0.25) is 5.91 Å². The summed E-state index contributed by atoms with van der Waals surface area (Å²) in [6.45, 7) is 2.48. The van der Waals surface area contributed by atoms with E-state index in [9.17, 15) is 4.79 Å². The molecule has 0 atom stereocenters. The molecule has 2 aromatic carbocycles. The van der Waals surface area contributed by atoms with Crippen LogP contribution in [0, 0.1) is 0 Å². The monoisotopic (exact) mass is 346 g/mol. The van der Waals surface area contributed by atoms with Crippen molar-refractivity contribution in [3.63, 3.8) is 0 Å². The lowest BCUT2D eigenvalue weighted by Gasteiger charge is -2.18. The smallest absolute Gasteiger partial charge is 0.243 e. The minimum Gasteiger partial charge on any atom is -0.376 e. The van der Waals surface area contributed by atoms with E-state index in [-0.39, 0.29) is 12.5 Å². The van der Waals surface area contributed by atoms with Crippen molar-refractivity contribution >= 4 is 33.9 Å². The molecule has 132 valence electrons. The molecule has 1 saturated heterocycles. The molecule has 5 heteroatoms. The first-order valence-corrected chi connectivity index (χ1v) is 9.02. The maximum atomic E-state index is 12.3. The van der Waals surface area contributed by atoms with Gasteiger partial charge in [-0.15, -0.1) is 0 Å². The quantitative estimate of drug-likeness (QED) is 0.736. The van der Waals surface area contributed by atoms with Gasteiger partial charge in [-0.25, -0.2) is 0 Å². The Bertz CT molecular complexity index is 896. The van der Waals surface area contributed by atoms with Gasteiger partial charge in [0, 0.05) is 36.0 Å². The molecule has 0 aliphatic carbocycles. The van der Waals surface area contributed by atoms with Crippen molar-refractivity contribution in [2.24, 2.45) is 0 Å². The van der Waals surface area contributed by atoms with Crippen LogP contribution in [-0.2, 0) is 4.79 Å². The molecule has 0 unspecified atom stereocenters. The molecule has 5 nitrogen and oxygen atoms in total. The molecule has 0 bridgehead atoms. The average Bonchev–Trinajstić information content (AvgIpc) is 3.22. The van der Waals surface area contributed by atoms with Crippen molar-refractivity contribution in [2.75, 3.05) is 35.2 Å². The number of hydrogen-bond acceptors (Lipinski definition) is 4. The van der Waals surface area contributed by atoms with Crippen molar-refractivity contribution in [1.82, 2.24) is 4.98 Å². The second-order valence-corrected chi connectivity index (χ2v) is 6.52. The molecule has 1 fully saturated rings. The predicted molar refractivity (Wildman–Crippen MR) is 107 cm³/mol. The molecule has 4 rings (SSSR count). The Hall–Kier alpha value is -3.08. The first kappa shape index (κ1) is 16.4. The third-order valence-corrected chi connectivity index (χ3v) is 4.70. The number of hydrogen-bond donors (Lipinski definition) is 2. The van der Waals surface area contributed by atoms with E-state index in [1.54, 1.807) is 6.20 Å². The molecule has 0 spiro atoms. The lowest BCUT2D eigenvalue weighted by Crippen LogP contribution is -2.22. The Kier molecular flexibility index (Phi) is 4.69. The second kappa shape index (κ2) is 7.44. The summed E-state index contributed by atoms with van der Waals surface area (Å²) >= 11 is 0. The van der Waals surface area contributed by atoms with Crippen molar-refractivity contribution in [2.45, 2.75) is 12.8 Å². The van der Waals surface area contributed by atoms with Gasteiger partial charge in [0.1, 0.15) is 0 Å². The Labute approximate surface area is 153 Å². The molecule has 0 radical (unpaired) electrons. The molecule has 1 aliphatic rings. The normalized spacial score (nSPS) is 13.8. The van der Waals surface area contributed by atoms with Crippen LogP contribution in [0.15, 0.2) is 60.8 Å². The third kappa shape index (κ3) is 3.61. The molecule has 0 saturated carbocycles. The van der Waals surface area contributed by atoms with Gasteiger partial charge in [-0.05, 0) is 49.2 Å². The molecular formula is C21H22N4O. The highest BCUT2D eigenvalue weighted by molar-refractivity contribution is 6.01. The lowest BCUT2D eigenvalue weighted by atomic mass is 10.2. The molecule has 2 N–H and O–H groups in total. The highest BCUT2D eigenvalue weighted by atomic mass is 16.1. The van der Waals surface area contributed by atoms with E-state index in [1.807, 2.05) is 42.5 Å². The van der Waals surface area contributed by atoms with Gasteiger partial charge in [0.25, 0.3) is 0 Å². The summed E-state index contributed by atoms with van der Waals surface area (Å²) in [5.74, 6) is -0.0910. The van der Waals surface area contributed by atoms with Gasteiger partial charge < -0.3 is 15.5 Å². The Morgan fingerprint density at radius 2 is 1.77 bits per heavy atom. The average molecular weight is 346 g/mol. The molecule has 3 aromatic rings. The second-order valence-electron chi connectivity index (χ2n) is 6.52. The number of anilines is 3. The molecule has 26 heavy (non-hydrogen) atoms. The van der Waals surface area contributed by atoms with Crippen molar-refractivity contribution in [3.05, 3.63) is 60.8 Å². The highest BCUT2D eigenvalue weighted by Gasteiger charge is 2.12. The van der Waals surface area contributed by atoms with Gasteiger partial charge in [-0.2, -0.15) is 0 Å². The zero-order chi connectivity index (χ0) is 17.8. The van der Waals surface area contributed by atoms with Crippen LogP contribution in [0.5, 0.6) is 0 Å². The Morgan fingerprint density at radius 3 is 2.58 bits per heavy atom. The van der Waals surface area contributed by atoms with Crippen LogP contribution in [0.25, 0.3) is 10.9 Å². The van der Waals surface area contributed by atoms with E-state index in [4.69, 9.17) is 0 Å². The molecule has 1 aliphatic heterocycles. The van der Waals surface area contributed by atoms with E-state index >= 15 is 0 Å². The first-order valence-electron chi connectivity index (χ1n) is 9.02. The fraction of sp³-hybridized carbons (Fsp3) is 0.238. The summed E-state index contributed by atoms with van der Waals surface area (Å²) in [6.07, 6.45) is 4.27. The Balaban J connectivity index is 1.36. The van der Waals surface area contributed by atoms with Crippen LogP contribution in [0.3, 0.4) is 0 Å². The zero-order valence-electron chi connectivity index (χ0n) is 14.6. The SMILES string of the molecule is O=C(CNc1ccc(N2CCCC2)cc1)Nc1cccc2cccnc12. The van der Waals surface area contributed by atoms with Gasteiger partial charge in [-0.3, -0.25) is 9.78 Å². The maximum Gasteiger partial charge on any atom is 0.243 e. The van der Waals surface area contributed by atoms with E-state index < -0.39 is 0 Å². The molecular weight excluding hydrogens is 324 g/mol. The van der Waals surface area contributed by atoms with Gasteiger partial charge in [0.15, 0.2) is 0 Å². The fourth-order valence-electron chi connectivity index (χ4n) is 3.35. The number of benzene rings is 2. The zero-order valence-corrected chi connectivity index (χ0v) is 14.6. The minimum absolute atomic E-state index is 0.0910. The van der Waals surface area contributed by atoms with E-state index in [0.717, 1.165) is 35.4 Å². The van der Waals surface area contributed by atoms with Crippen molar-refractivity contribution < 1.29 is 4.79 Å². The first-order chi connectivity index (χ1) is 12.8. The summed E-state index contributed by atoms with van der Waals surface area (Å²) in [5.41, 5.74) is 3.73. The van der Waals surface area contributed by atoms with Crippen LogP contribution >= 0.6 is 0 Å². The fourth-order valence-corrected chi connectivity index (χ4v) is 3.35. The molecule has 1 aromatic heterocycles. The molecule has 2 heterocycles. The third-order valence-electron chi connectivity index (χ3n) is 4.70. The van der Waals surface area contributed by atoms with Gasteiger partial charge >= 0.3 is 0 Å². The number of carbonyl (C=O) groups excluding carboxylic acids is 1. The number of fused-ring (bicyclic) bond motifs is 1. The standard InChI is InChI=1S/C21H22N4O/c26-20(24-19-7-3-5-16-6-4-12-22-21(16)19)15-23-17-8-10-18(11-9-17)25-13-1-2-14-25/h3-12,23H,1-2,13-15H2,(H,24,26). The summed E-state index contributed by atoms with van der Waals surface area (Å²) < 4.78 is 0. The summed E-state index contributed by atoms with van der Waals surface area (Å²) in [5, 5.41) is 7.13. The lowest BCUT2D eigenvalue weighted by molar-refractivity contribution is -0.114. The predicted octanol–water partition coefficient (Wildman–Crippen LogP) is 3.89. The van der Waals surface area contributed by atoms with Crippen molar-refractivity contribution in [1.29, 1.82) is 0 Å². The summed E-state index contributed by atoms with van der Waals surface area (Å²) in [6, 6.07) is 17.9. The summed E-state index contributed by atoms with van der Waals surface area (Å²) in [4.78, 5) is 19.0. The number of amides is 1. The number of carbonyl (C=O) groups is 1. The van der Waals surface area contributed by atoms with E-state index in [0.29, 0.717) is 0 Å². The van der Waals surface area contributed by atoms with Crippen LogP contribution in [-0.4, -0.2) is 30.5 Å². The maximum absolute atomic E-state index is 12.3. The van der Waals surface area contributed by atoms with Crippen molar-refractivity contribution in [3.8, 4) is 0 Å². The van der Waals surface area contributed by atoms with Crippen LogP contribution < -0.4 is 15.5 Å². The topological polar surface area (TPSA) is 57.3 Å². The molecule has 1 amide bonds. The number of rotatable bonds is 5. The van der Waals surface area contributed by atoms with Crippen LogP contribution in [0.2, 0.25) is 0 Å². The largest absolute Gasteiger partial charge is 0.376 e. The number of para-hydroxylation sites is 1. The summed E-state index contributed by atoms with van der Waals surface area (Å²) in [7, 11) is 0. The van der Waals surface area contributed by atoms with Gasteiger partial charge in [0.05, 0.1) is 17.7 Å². The number of nitrogens with zero attached hydrogens (tertiary/aromatic N) is 2. The van der Waals surface area contributed by atoms with E-state index in [2.05, 4.69) is 32.7 Å². The minimum atomic E-state index is -0.0910. The highest BCUT2D eigenvalue weighted by Crippen LogP contribution is 2.22. The number of nitrogens with one attached hydrogen (secondary N) is 2. The number of aromatic nitrogens is 1. The van der Waals surface area contributed by atoms with Crippen LogP contribution in [0.4, 0.5) is 17.1 Å².